The molecule has 1 fully saturated rings. The minimum atomic E-state index is -0.423. The molecule has 0 saturated carbocycles. The van der Waals surface area contributed by atoms with Crippen LogP contribution in [-0.4, -0.2) is 35.0 Å². The molecule has 0 atom stereocenters. The number of carbonyl (C=O) groups excluding carboxylic acids is 1. The zero-order valence-electron chi connectivity index (χ0n) is 10.7. The number of carbonyl (C=O) groups is 1. The van der Waals surface area contributed by atoms with Gasteiger partial charge in [0.2, 0.25) is 0 Å². The molecule has 108 valence electrons. The zero-order chi connectivity index (χ0) is 14.7. The molecule has 1 aliphatic heterocycles. The molecule has 20 heavy (non-hydrogen) atoms. The summed E-state index contributed by atoms with van der Waals surface area (Å²) in [5, 5.41) is 14.1. The van der Waals surface area contributed by atoms with Gasteiger partial charge in [-0.15, -0.1) is 0 Å². The first-order valence-electron chi connectivity index (χ1n) is 6.22. The molecule has 1 heterocycles. The Morgan fingerprint density at radius 1 is 1.45 bits per heavy atom. The van der Waals surface area contributed by atoms with Gasteiger partial charge in [0.1, 0.15) is 0 Å². The van der Waals surface area contributed by atoms with Crippen LogP contribution in [0.25, 0.3) is 0 Å². The highest BCUT2D eigenvalue weighted by Gasteiger charge is 2.22. The number of urea groups is 1. The fourth-order valence-electron chi connectivity index (χ4n) is 2.20. The van der Waals surface area contributed by atoms with E-state index in [1.807, 2.05) is 0 Å². The van der Waals surface area contributed by atoms with Crippen molar-refractivity contribution < 1.29 is 9.72 Å². The van der Waals surface area contributed by atoms with Crippen molar-refractivity contribution in [2.24, 2.45) is 5.73 Å². The molecule has 1 aromatic rings. The van der Waals surface area contributed by atoms with E-state index in [2.05, 4.69) is 21.2 Å². The maximum absolute atomic E-state index is 11.0. The largest absolute Gasteiger partial charge is 0.381 e. The highest BCUT2D eigenvalue weighted by atomic mass is 79.9. The molecule has 1 aliphatic rings. The SMILES string of the molecule is NC(=O)N1CCC(Nc2cc([N+](=O)[O-])ccc2Br)CC1. The summed E-state index contributed by atoms with van der Waals surface area (Å²) in [6.45, 7) is 1.19. The van der Waals surface area contributed by atoms with Crippen LogP contribution in [0.1, 0.15) is 12.8 Å². The molecule has 0 aliphatic carbocycles. The second-order valence-electron chi connectivity index (χ2n) is 4.67. The van der Waals surface area contributed by atoms with E-state index >= 15 is 0 Å². The Bertz CT molecular complexity index is 529. The van der Waals surface area contributed by atoms with Crippen LogP contribution in [0.15, 0.2) is 22.7 Å². The molecule has 0 aromatic heterocycles. The number of hydrogen-bond donors (Lipinski definition) is 2. The summed E-state index contributed by atoms with van der Waals surface area (Å²) in [5.74, 6) is 0. The Labute approximate surface area is 124 Å². The van der Waals surface area contributed by atoms with Crippen molar-refractivity contribution in [3.63, 3.8) is 0 Å². The second-order valence-corrected chi connectivity index (χ2v) is 5.52. The van der Waals surface area contributed by atoms with Gasteiger partial charge in [-0.3, -0.25) is 10.1 Å². The van der Waals surface area contributed by atoms with Crippen molar-refractivity contribution in [1.82, 2.24) is 4.90 Å². The lowest BCUT2D eigenvalue weighted by molar-refractivity contribution is -0.384. The van der Waals surface area contributed by atoms with Crippen LogP contribution in [0, 0.1) is 10.1 Å². The number of benzene rings is 1. The third-order valence-electron chi connectivity index (χ3n) is 3.33. The fraction of sp³-hybridized carbons (Fsp3) is 0.417. The number of primary amides is 1. The van der Waals surface area contributed by atoms with E-state index < -0.39 is 11.0 Å². The minimum Gasteiger partial charge on any atom is -0.381 e. The maximum Gasteiger partial charge on any atom is 0.314 e. The number of amides is 2. The van der Waals surface area contributed by atoms with Gasteiger partial charge < -0.3 is 16.0 Å². The summed E-state index contributed by atoms with van der Waals surface area (Å²) in [5.41, 5.74) is 5.96. The molecule has 3 N–H and O–H groups in total. The predicted octanol–water partition coefficient (Wildman–Crippen LogP) is 2.31. The zero-order valence-corrected chi connectivity index (χ0v) is 12.3. The Morgan fingerprint density at radius 2 is 2.10 bits per heavy atom. The van der Waals surface area contributed by atoms with Crippen LogP contribution in [-0.2, 0) is 0 Å². The van der Waals surface area contributed by atoms with Crippen molar-refractivity contribution in [1.29, 1.82) is 0 Å². The molecule has 0 bridgehead atoms. The lowest BCUT2D eigenvalue weighted by atomic mass is 10.0. The molecular weight excluding hydrogens is 328 g/mol. The molecule has 2 amide bonds. The molecule has 0 spiro atoms. The highest BCUT2D eigenvalue weighted by Crippen LogP contribution is 2.29. The van der Waals surface area contributed by atoms with E-state index in [0.29, 0.717) is 18.8 Å². The number of rotatable bonds is 3. The topological polar surface area (TPSA) is 102 Å². The Balaban J connectivity index is 2.02. The molecular formula is C12H15BrN4O3. The van der Waals surface area contributed by atoms with Gasteiger partial charge in [0.25, 0.3) is 5.69 Å². The third kappa shape index (κ3) is 3.38. The number of nitro benzene ring substituents is 1. The number of nitrogens with two attached hydrogens (primary N) is 1. The number of nitro groups is 1. The van der Waals surface area contributed by atoms with E-state index in [9.17, 15) is 14.9 Å². The molecule has 1 saturated heterocycles. The number of nitrogens with one attached hydrogen (secondary N) is 1. The lowest BCUT2D eigenvalue weighted by Gasteiger charge is -2.31. The van der Waals surface area contributed by atoms with Gasteiger partial charge in [0, 0.05) is 35.7 Å². The third-order valence-corrected chi connectivity index (χ3v) is 4.02. The second kappa shape index (κ2) is 6.08. The summed E-state index contributed by atoms with van der Waals surface area (Å²) in [4.78, 5) is 23.0. The van der Waals surface area contributed by atoms with Crippen LogP contribution in [0.2, 0.25) is 0 Å². The van der Waals surface area contributed by atoms with Gasteiger partial charge in [0.15, 0.2) is 0 Å². The molecule has 0 unspecified atom stereocenters. The van der Waals surface area contributed by atoms with Gasteiger partial charge in [-0.1, -0.05) is 0 Å². The van der Waals surface area contributed by atoms with E-state index in [4.69, 9.17) is 5.73 Å². The van der Waals surface area contributed by atoms with Crippen molar-refractivity contribution in [2.45, 2.75) is 18.9 Å². The number of likely N-dealkylation sites (tertiary alicyclic amines) is 1. The van der Waals surface area contributed by atoms with Crippen molar-refractivity contribution in [3.8, 4) is 0 Å². The number of nitrogens with zero attached hydrogens (tertiary/aromatic N) is 2. The number of halogens is 1. The van der Waals surface area contributed by atoms with Crippen molar-refractivity contribution >= 4 is 33.3 Å². The minimum absolute atomic E-state index is 0.0465. The van der Waals surface area contributed by atoms with Crippen LogP contribution < -0.4 is 11.1 Å². The first kappa shape index (κ1) is 14.6. The number of hydrogen-bond acceptors (Lipinski definition) is 4. The van der Waals surface area contributed by atoms with Crippen LogP contribution in [0.5, 0.6) is 0 Å². The quantitative estimate of drug-likeness (QED) is 0.649. The van der Waals surface area contributed by atoms with E-state index in [-0.39, 0.29) is 11.7 Å². The van der Waals surface area contributed by atoms with Gasteiger partial charge in [-0.2, -0.15) is 0 Å². The van der Waals surface area contributed by atoms with Crippen LogP contribution >= 0.6 is 15.9 Å². The standard InChI is InChI=1S/C12H15BrN4O3/c13-10-2-1-9(17(19)20)7-11(10)15-8-3-5-16(6-4-8)12(14)18/h1-2,7-8,15H,3-6H2,(H2,14,18). The first-order valence-corrected chi connectivity index (χ1v) is 7.01. The van der Waals surface area contributed by atoms with E-state index in [1.54, 1.807) is 11.0 Å². The summed E-state index contributed by atoms with van der Waals surface area (Å²) in [7, 11) is 0. The number of piperidine rings is 1. The Hall–Kier alpha value is -1.83. The monoisotopic (exact) mass is 342 g/mol. The van der Waals surface area contributed by atoms with Crippen LogP contribution in [0.3, 0.4) is 0 Å². The van der Waals surface area contributed by atoms with Gasteiger partial charge in [0.05, 0.1) is 10.6 Å². The smallest absolute Gasteiger partial charge is 0.314 e. The lowest BCUT2D eigenvalue weighted by Crippen LogP contribution is -2.44. The molecule has 2 rings (SSSR count). The van der Waals surface area contributed by atoms with E-state index in [1.165, 1.54) is 12.1 Å². The van der Waals surface area contributed by atoms with E-state index in [0.717, 1.165) is 17.3 Å². The van der Waals surface area contributed by atoms with Gasteiger partial charge >= 0.3 is 6.03 Å². The van der Waals surface area contributed by atoms with Gasteiger partial charge in [-0.05, 0) is 34.8 Å². The van der Waals surface area contributed by atoms with Crippen LogP contribution in [0.4, 0.5) is 16.2 Å². The van der Waals surface area contributed by atoms with Crippen molar-refractivity contribution in [3.05, 3.63) is 32.8 Å². The number of non-ortho nitro benzene ring substituents is 1. The fourth-order valence-corrected chi connectivity index (χ4v) is 2.56. The summed E-state index contributed by atoms with van der Waals surface area (Å²) >= 11 is 3.37. The first-order chi connectivity index (χ1) is 9.47. The molecule has 7 nitrogen and oxygen atoms in total. The normalized spacial score (nSPS) is 15.9. The van der Waals surface area contributed by atoms with Gasteiger partial charge in [-0.25, -0.2) is 4.79 Å². The number of anilines is 1. The average Bonchev–Trinajstić information content (AvgIpc) is 2.41. The highest BCUT2D eigenvalue weighted by molar-refractivity contribution is 9.10. The molecule has 0 radical (unpaired) electrons. The summed E-state index contributed by atoms with van der Waals surface area (Å²) in [6.07, 6.45) is 1.52. The maximum atomic E-state index is 11.0. The van der Waals surface area contributed by atoms with Crippen molar-refractivity contribution in [2.75, 3.05) is 18.4 Å². The summed E-state index contributed by atoms with van der Waals surface area (Å²) < 4.78 is 0.778. The summed E-state index contributed by atoms with van der Waals surface area (Å²) in [6, 6.07) is 4.37. The molecule has 1 aromatic carbocycles. The molecule has 8 heteroatoms. The predicted molar refractivity (Wildman–Crippen MR) is 78.6 cm³/mol. The Kier molecular flexibility index (Phi) is 4.43. The average molecular weight is 343 g/mol. The Morgan fingerprint density at radius 3 is 2.65 bits per heavy atom.